The highest BCUT2D eigenvalue weighted by molar-refractivity contribution is 14.1. The van der Waals surface area contributed by atoms with E-state index in [0.29, 0.717) is 15.7 Å². The van der Waals surface area contributed by atoms with Gasteiger partial charge in [0.2, 0.25) is 0 Å². The van der Waals surface area contributed by atoms with Crippen molar-refractivity contribution in [3.63, 3.8) is 0 Å². The molecule has 1 aromatic rings. The summed E-state index contributed by atoms with van der Waals surface area (Å²) in [5.74, 6) is 0. The maximum Gasteiger partial charge on any atom is 0.412 e. The van der Waals surface area contributed by atoms with Gasteiger partial charge in [-0.05, 0) is 55.5 Å². The van der Waals surface area contributed by atoms with Crippen LogP contribution in [0.5, 0.6) is 0 Å². The van der Waals surface area contributed by atoms with Gasteiger partial charge in [0.05, 0.1) is 15.7 Å². The SMILES string of the molecule is CC(C)(C)OC(=O)Nc1c(I)ccc(Cl)c1Cl. The minimum absolute atomic E-state index is 0.310. The summed E-state index contributed by atoms with van der Waals surface area (Å²) in [4.78, 5) is 11.6. The van der Waals surface area contributed by atoms with Gasteiger partial charge in [-0.25, -0.2) is 4.79 Å². The van der Waals surface area contributed by atoms with Crippen LogP contribution in [0.1, 0.15) is 20.8 Å². The molecule has 0 saturated carbocycles. The number of carbonyl (C=O) groups is 1. The van der Waals surface area contributed by atoms with E-state index in [1.54, 1.807) is 32.9 Å². The van der Waals surface area contributed by atoms with Crippen LogP contribution in [0, 0.1) is 3.57 Å². The summed E-state index contributed by atoms with van der Waals surface area (Å²) in [5, 5.41) is 3.29. The van der Waals surface area contributed by atoms with Gasteiger partial charge in [0.1, 0.15) is 5.60 Å². The Kier molecular flexibility index (Phi) is 4.92. The van der Waals surface area contributed by atoms with E-state index in [1.807, 2.05) is 0 Å². The van der Waals surface area contributed by atoms with E-state index in [-0.39, 0.29) is 0 Å². The molecule has 94 valence electrons. The topological polar surface area (TPSA) is 38.3 Å². The number of rotatable bonds is 1. The Balaban J connectivity index is 2.89. The van der Waals surface area contributed by atoms with Crippen LogP contribution in [0.4, 0.5) is 10.5 Å². The number of benzene rings is 1. The van der Waals surface area contributed by atoms with Crippen LogP contribution >= 0.6 is 45.8 Å². The highest BCUT2D eigenvalue weighted by Gasteiger charge is 2.18. The molecule has 0 radical (unpaired) electrons. The van der Waals surface area contributed by atoms with Crippen LogP contribution in [0.2, 0.25) is 10.0 Å². The molecule has 0 heterocycles. The van der Waals surface area contributed by atoms with Crippen molar-refractivity contribution in [2.24, 2.45) is 0 Å². The van der Waals surface area contributed by atoms with E-state index in [9.17, 15) is 4.79 Å². The normalized spacial score (nSPS) is 11.2. The zero-order valence-corrected chi connectivity index (χ0v) is 13.3. The zero-order chi connectivity index (χ0) is 13.2. The van der Waals surface area contributed by atoms with Crippen LogP contribution in [0.3, 0.4) is 0 Å². The Morgan fingerprint density at radius 3 is 2.47 bits per heavy atom. The van der Waals surface area contributed by atoms with Crippen molar-refractivity contribution in [2.45, 2.75) is 26.4 Å². The van der Waals surface area contributed by atoms with Crippen molar-refractivity contribution in [3.05, 3.63) is 25.7 Å². The maximum absolute atomic E-state index is 11.6. The van der Waals surface area contributed by atoms with E-state index in [0.717, 1.165) is 3.57 Å². The van der Waals surface area contributed by atoms with Crippen LogP contribution in [0.25, 0.3) is 0 Å². The first-order chi connectivity index (χ1) is 7.70. The van der Waals surface area contributed by atoms with Crippen molar-refractivity contribution in [1.29, 1.82) is 0 Å². The van der Waals surface area contributed by atoms with Gasteiger partial charge in [-0.2, -0.15) is 0 Å². The molecule has 0 unspecified atom stereocenters. The Morgan fingerprint density at radius 1 is 1.35 bits per heavy atom. The number of ether oxygens (including phenoxy) is 1. The van der Waals surface area contributed by atoms with Crippen molar-refractivity contribution < 1.29 is 9.53 Å². The van der Waals surface area contributed by atoms with Crippen LogP contribution < -0.4 is 5.32 Å². The van der Waals surface area contributed by atoms with Crippen molar-refractivity contribution in [3.8, 4) is 0 Å². The molecule has 0 bridgehead atoms. The minimum atomic E-state index is -0.556. The molecule has 0 aliphatic rings. The first-order valence-corrected chi connectivity index (χ1v) is 6.67. The third-order valence-electron chi connectivity index (χ3n) is 1.67. The lowest BCUT2D eigenvalue weighted by atomic mass is 10.2. The molecule has 0 aliphatic carbocycles. The molecule has 17 heavy (non-hydrogen) atoms. The first kappa shape index (κ1) is 14.9. The molecule has 0 spiro atoms. The second-order valence-corrected chi connectivity index (χ2v) is 6.29. The molecule has 0 atom stereocenters. The number of halogens is 3. The monoisotopic (exact) mass is 387 g/mol. The van der Waals surface area contributed by atoms with Gasteiger partial charge < -0.3 is 4.74 Å². The minimum Gasteiger partial charge on any atom is -0.444 e. The summed E-state index contributed by atoms with van der Waals surface area (Å²) in [6, 6.07) is 3.44. The molecule has 0 aromatic heterocycles. The van der Waals surface area contributed by atoms with Gasteiger partial charge in [-0.1, -0.05) is 23.2 Å². The van der Waals surface area contributed by atoms with Gasteiger partial charge in [0.15, 0.2) is 0 Å². The Bertz CT molecular complexity index is 444. The predicted octanol–water partition coefficient (Wildman–Crippen LogP) is 4.95. The van der Waals surface area contributed by atoms with E-state index in [1.165, 1.54) is 0 Å². The summed E-state index contributed by atoms with van der Waals surface area (Å²) in [6.45, 7) is 5.37. The fourth-order valence-corrected chi connectivity index (χ4v) is 2.16. The number of amides is 1. The zero-order valence-electron chi connectivity index (χ0n) is 9.61. The lowest BCUT2D eigenvalue weighted by molar-refractivity contribution is 0.0636. The molecule has 1 rings (SSSR count). The second-order valence-electron chi connectivity index (χ2n) is 4.35. The van der Waals surface area contributed by atoms with Gasteiger partial charge in [-0.15, -0.1) is 0 Å². The molecule has 1 N–H and O–H groups in total. The van der Waals surface area contributed by atoms with Crippen LogP contribution in [0.15, 0.2) is 12.1 Å². The third-order valence-corrected chi connectivity index (χ3v) is 3.37. The van der Waals surface area contributed by atoms with E-state index in [2.05, 4.69) is 27.9 Å². The smallest absolute Gasteiger partial charge is 0.412 e. The van der Waals surface area contributed by atoms with E-state index < -0.39 is 11.7 Å². The summed E-state index contributed by atoms with van der Waals surface area (Å²) >= 11 is 13.9. The Labute approximate surface area is 124 Å². The highest BCUT2D eigenvalue weighted by Crippen LogP contribution is 2.34. The number of carbonyl (C=O) groups excluding carboxylic acids is 1. The summed E-state index contributed by atoms with van der Waals surface area (Å²) < 4.78 is 5.93. The van der Waals surface area contributed by atoms with E-state index >= 15 is 0 Å². The molecule has 0 fully saturated rings. The van der Waals surface area contributed by atoms with Crippen LogP contribution in [-0.2, 0) is 4.74 Å². The molecule has 0 saturated heterocycles. The molecular formula is C11H12Cl2INO2. The van der Waals surface area contributed by atoms with E-state index in [4.69, 9.17) is 27.9 Å². The van der Waals surface area contributed by atoms with Gasteiger partial charge in [0, 0.05) is 3.57 Å². The molecule has 6 heteroatoms. The lowest BCUT2D eigenvalue weighted by Crippen LogP contribution is -2.27. The van der Waals surface area contributed by atoms with Gasteiger partial charge in [-0.3, -0.25) is 5.32 Å². The lowest BCUT2D eigenvalue weighted by Gasteiger charge is -2.20. The number of nitrogens with one attached hydrogen (secondary N) is 1. The standard InChI is InChI=1S/C11H12Cl2INO2/c1-11(2,3)17-10(16)15-9-7(14)5-4-6(12)8(9)13/h4-5H,1-3H3,(H,15,16). The quantitative estimate of drug-likeness (QED) is 0.547. The predicted molar refractivity (Wildman–Crippen MR) is 79.0 cm³/mol. The van der Waals surface area contributed by atoms with Crippen LogP contribution in [-0.4, -0.2) is 11.7 Å². The first-order valence-electron chi connectivity index (χ1n) is 4.84. The molecule has 1 aromatic carbocycles. The number of anilines is 1. The summed E-state index contributed by atoms with van der Waals surface area (Å²) in [7, 11) is 0. The largest absolute Gasteiger partial charge is 0.444 e. The molecule has 3 nitrogen and oxygen atoms in total. The number of hydrogen-bond acceptors (Lipinski definition) is 2. The average Bonchev–Trinajstić information content (AvgIpc) is 2.16. The van der Waals surface area contributed by atoms with Gasteiger partial charge >= 0.3 is 6.09 Å². The summed E-state index contributed by atoms with van der Waals surface area (Å²) in [5.41, 5.74) is -0.0883. The molecule has 0 aliphatic heterocycles. The van der Waals surface area contributed by atoms with Crippen molar-refractivity contribution in [1.82, 2.24) is 0 Å². The second kappa shape index (κ2) is 5.63. The fraction of sp³-hybridized carbons (Fsp3) is 0.364. The summed E-state index contributed by atoms with van der Waals surface area (Å²) in [6.07, 6.45) is -0.556. The fourth-order valence-electron chi connectivity index (χ4n) is 1.05. The van der Waals surface area contributed by atoms with Crippen molar-refractivity contribution in [2.75, 3.05) is 5.32 Å². The highest BCUT2D eigenvalue weighted by atomic mass is 127. The Morgan fingerprint density at radius 2 is 1.94 bits per heavy atom. The Hall–Kier alpha value is -0.200. The van der Waals surface area contributed by atoms with Gasteiger partial charge in [0.25, 0.3) is 0 Å². The molecular weight excluding hydrogens is 376 g/mol. The maximum atomic E-state index is 11.6. The average molecular weight is 388 g/mol. The van der Waals surface area contributed by atoms with Crippen molar-refractivity contribution >= 4 is 57.6 Å². The third kappa shape index (κ3) is 4.52. The number of hydrogen-bond donors (Lipinski definition) is 1. The molecule has 1 amide bonds.